The molecule has 2 amide bonds. The Bertz CT molecular complexity index is 693. The normalized spacial score (nSPS) is 34.5. The van der Waals surface area contributed by atoms with Gasteiger partial charge in [-0.05, 0) is 36.8 Å². The minimum absolute atomic E-state index is 0.0621. The Kier molecular flexibility index (Phi) is 2.30. The van der Waals surface area contributed by atoms with Crippen LogP contribution in [0.2, 0.25) is 0 Å². The Balaban J connectivity index is 1.56. The molecule has 5 aliphatic rings. The number of nitrogens with zero attached hydrogens (tertiary/aromatic N) is 1. The predicted molar refractivity (Wildman–Crippen MR) is 77.4 cm³/mol. The van der Waals surface area contributed by atoms with Crippen molar-refractivity contribution in [1.82, 2.24) is 0 Å². The first-order valence-corrected chi connectivity index (χ1v) is 7.70. The van der Waals surface area contributed by atoms with Crippen LogP contribution in [0.4, 0.5) is 5.69 Å². The number of hydrogen-bond acceptors (Lipinski definition) is 4. The Morgan fingerprint density at radius 1 is 0.909 bits per heavy atom. The molecule has 1 aromatic carbocycles. The van der Waals surface area contributed by atoms with Crippen LogP contribution in [0.1, 0.15) is 12.8 Å². The standard InChI is InChI=1S/C17H15NO4/c19-16-14-9-1-2-10(4-3-9)15(14)17(20)18(16)11-5-6-12-13(7-11)22-8-21-12/h1-2,5-7,9-10,14-15H,3-4,8H2/t9-,10+,14+,15-. The largest absolute Gasteiger partial charge is 0.454 e. The van der Waals surface area contributed by atoms with Gasteiger partial charge in [-0.3, -0.25) is 9.59 Å². The van der Waals surface area contributed by atoms with Gasteiger partial charge in [-0.15, -0.1) is 0 Å². The van der Waals surface area contributed by atoms with Crippen LogP contribution in [0.15, 0.2) is 30.4 Å². The van der Waals surface area contributed by atoms with Gasteiger partial charge in [0, 0.05) is 6.07 Å². The summed E-state index contributed by atoms with van der Waals surface area (Å²) >= 11 is 0. The van der Waals surface area contributed by atoms with Gasteiger partial charge in [-0.25, -0.2) is 4.90 Å². The number of allylic oxidation sites excluding steroid dienone is 2. The highest BCUT2D eigenvalue weighted by atomic mass is 16.7. The van der Waals surface area contributed by atoms with E-state index in [1.807, 2.05) is 0 Å². The quantitative estimate of drug-likeness (QED) is 0.588. The summed E-state index contributed by atoms with van der Waals surface area (Å²) in [6.45, 7) is 0.181. The molecule has 0 spiro atoms. The number of imide groups is 1. The number of hydrogen-bond donors (Lipinski definition) is 0. The maximum absolute atomic E-state index is 12.8. The lowest BCUT2D eigenvalue weighted by molar-refractivity contribution is -0.124. The SMILES string of the molecule is O=C1[C@@H]2[C@H](C(=O)N1c1ccc3c(c1)OCO3)[C@H]1C=C[C@@H]2CC1. The second kappa shape index (κ2) is 4.12. The van der Waals surface area contributed by atoms with Gasteiger partial charge in [-0.2, -0.15) is 0 Å². The van der Waals surface area contributed by atoms with Gasteiger partial charge in [0.15, 0.2) is 11.5 Å². The smallest absolute Gasteiger partial charge is 0.238 e. The topological polar surface area (TPSA) is 55.8 Å². The summed E-state index contributed by atoms with van der Waals surface area (Å²) in [5.74, 6) is 1.19. The van der Waals surface area contributed by atoms with Gasteiger partial charge in [0.05, 0.1) is 17.5 Å². The maximum Gasteiger partial charge on any atom is 0.238 e. The minimum atomic E-state index is -0.179. The van der Waals surface area contributed by atoms with E-state index in [0.717, 1.165) is 12.8 Å². The lowest BCUT2D eigenvalue weighted by Crippen LogP contribution is -2.38. The molecule has 2 heterocycles. The Hall–Kier alpha value is -2.30. The van der Waals surface area contributed by atoms with Crippen LogP contribution in [0.25, 0.3) is 0 Å². The van der Waals surface area contributed by atoms with E-state index in [1.165, 1.54) is 4.90 Å². The zero-order valence-corrected chi connectivity index (χ0v) is 11.9. The third-order valence-electron chi connectivity index (χ3n) is 5.37. The van der Waals surface area contributed by atoms with Gasteiger partial charge < -0.3 is 9.47 Å². The molecule has 4 atom stereocenters. The lowest BCUT2D eigenvalue weighted by Gasteiger charge is -2.38. The van der Waals surface area contributed by atoms with Gasteiger partial charge in [0.25, 0.3) is 0 Å². The van der Waals surface area contributed by atoms with Crippen LogP contribution in [0.5, 0.6) is 11.5 Å². The fourth-order valence-electron chi connectivity index (χ4n) is 4.35. The van der Waals surface area contributed by atoms with Crippen molar-refractivity contribution in [3.63, 3.8) is 0 Å². The first-order chi connectivity index (χ1) is 10.7. The Morgan fingerprint density at radius 2 is 1.55 bits per heavy atom. The lowest BCUT2D eigenvalue weighted by atomic mass is 9.63. The fraction of sp³-hybridized carbons (Fsp3) is 0.412. The minimum Gasteiger partial charge on any atom is -0.454 e. The van der Waals surface area contributed by atoms with E-state index in [9.17, 15) is 9.59 Å². The monoisotopic (exact) mass is 297 g/mol. The molecule has 3 aliphatic carbocycles. The van der Waals surface area contributed by atoms with Crippen LogP contribution in [-0.2, 0) is 9.59 Å². The second-order valence-electron chi connectivity index (χ2n) is 6.39. The summed E-state index contributed by atoms with van der Waals surface area (Å²) in [6.07, 6.45) is 6.28. The third kappa shape index (κ3) is 1.43. The van der Waals surface area contributed by atoms with E-state index in [2.05, 4.69) is 12.2 Å². The van der Waals surface area contributed by atoms with Gasteiger partial charge in [0.2, 0.25) is 18.6 Å². The molecule has 0 unspecified atom stereocenters. The number of ether oxygens (including phenoxy) is 2. The molecular formula is C17H15NO4. The van der Waals surface area contributed by atoms with Crippen molar-refractivity contribution >= 4 is 17.5 Å². The van der Waals surface area contributed by atoms with Crippen LogP contribution >= 0.6 is 0 Å². The molecule has 2 fully saturated rings. The number of benzene rings is 1. The summed E-state index contributed by atoms with van der Waals surface area (Å²) < 4.78 is 10.6. The molecule has 2 aliphatic heterocycles. The van der Waals surface area contributed by atoms with Crippen molar-refractivity contribution in [3.05, 3.63) is 30.4 Å². The average Bonchev–Trinajstić information content (AvgIpc) is 3.12. The van der Waals surface area contributed by atoms with E-state index in [4.69, 9.17) is 9.47 Å². The van der Waals surface area contributed by atoms with Gasteiger partial charge in [-0.1, -0.05) is 12.2 Å². The van der Waals surface area contributed by atoms with Crippen LogP contribution < -0.4 is 14.4 Å². The predicted octanol–water partition coefficient (Wildman–Crippen LogP) is 2.12. The average molecular weight is 297 g/mol. The molecule has 5 nitrogen and oxygen atoms in total. The number of anilines is 1. The van der Waals surface area contributed by atoms with E-state index in [0.29, 0.717) is 17.2 Å². The highest BCUT2D eigenvalue weighted by molar-refractivity contribution is 6.22. The summed E-state index contributed by atoms with van der Waals surface area (Å²) in [5, 5.41) is 0. The van der Waals surface area contributed by atoms with Crippen molar-refractivity contribution in [3.8, 4) is 11.5 Å². The third-order valence-corrected chi connectivity index (χ3v) is 5.37. The van der Waals surface area contributed by atoms with E-state index in [-0.39, 0.29) is 42.3 Å². The summed E-state index contributed by atoms with van der Waals surface area (Å²) in [4.78, 5) is 27.0. The molecule has 5 heteroatoms. The molecule has 6 rings (SSSR count). The molecule has 0 aromatic heterocycles. The van der Waals surface area contributed by atoms with E-state index in [1.54, 1.807) is 18.2 Å². The molecule has 1 aromatic rings. The van der Waals surface area contributed by atoms with Crippen LogP contribution in [0, 0.1) is 23.7 Å². The van der Waals surface area contributed by atoms with E-state index >= 15 is 0 Å². The molecule has 2 bridgehead atoms. The Labute approximate surface area is 127 Å². The molecular weight excluding hydrogens is 282 g/mol. The summed E-state index contributed by atoms with van der Waals surface area (Å²) in [5.41, 5.74) is 0.591. The van der Waals surface area contributed by atoms with E-state index < -0.39 is 0 Å². The molecule has 1 saturated carbocycles. The Morgan fingerprint density at radius 3 is 2.18 bits per heavy atom. The van der Waals surface area contributed by atoms with Crippen molar-refractivity contribution in [1.29, 1.82) is 0 Å². The zero-order chi connectivity index (χ0) is 14.8. The van der Waals surface area contributed by atoms with Crippen molar-refractivity contribution in [2.75, 3.05) is 11.7 Å². The first kappa shape index (κ1) is 12.3. The molecule has 112 valence electrons. The zero-order valence-electron chi connectivity index (χ0n) is 11.9. The first-order valence-electron chi connectivity index (χ1n) is 7.70. The highest BCUT2D eigenvalue weighted by Gasteiger charge is 2.56. The number of rotatable bonds is 1. The number of amides is 2. The van der Waals surface area contributed by atoms with Crippen LogP contribution in [0.3, 0.4) is 0 Å². The molecule has 1 saturated heterocycles. The van der Waals surface area contributed by atoms with Crippen molar-refractivity contribution in [2.45, 2.75) is 12.8 Å². The molecule has 22 heavy (non-hydrogen) atoms. The molecule has 0 radical (unpaired) electrons. The maximum atomic E-state index is 12.8. The number of carbonyl (C=O) groups excluding carboxylic acids is 2. The number of fused-ring (bicyclic) bond motifs is 2. The van der Waals surface area contributed by atoms with Crippen molar-refractivity contribution < 1.29 is 19.1 Å². The summed E-state index contributed by atoms with van der Waals surface area (Å²) in [7, 11) is 0. The van der Waals surface area contributed by atoms with Gasteiger partial charge >= 0.3 is 0 Å². The molecule has 0 N–H and O–H groups in total. The number of carbonyl (C=O) groups is 2. The van der Waals surface area contributed by atoms with Crippen molar-refractivity contribution in [2.24, 2.45) is 23.7 Å². The fourth-order valence-corrected chi connectivity index (χ4v) is 4.35. The highest BCUT2D eigenvalue weighted by Crippen LogP contribution is 2.51. The van der Waals surface area contributed by atoms with Crippen LogP contribution in [-0.4, -0.2) is 18.6 Å². The van der Waals surface area contributed by atoms with Gasteiger partial charge in [0.1, 0.15) is 0 Å². The second-order valence-corrected chi connectivity index (χ2v) is 6.39. The summed E-state index contributed by atoms with van der Waals surface area (Å²) in [6, 6.07) is 5.24.